The number of halogens is 3. The fourth-order valence-electron chi connectivity index (χ4n) is 1.64. The molecule has 7 nitrogen and oxygen atoms in total. The summed E-state index contributed by atoms with van der Waals surface area (Å²) in [6.45, 7) is 0.194. The van der Waals surface area contributed by atoms with Crippen molar-refractivity contribution < 1.29 is 22.7 Å². The molecule has 0 unspecified atom stereocenters. The number of methoxy groups -OCH3 is 1. The van der Waals surface area contributed by atoms with Gasteiger partial charge >= 0.3 is 6.18 Å². The van der Waals surface area contributed by atoms with Crippen molar-refractivity contribution in [3.8, 4) is 0 Å². The number of hydrogen-bond donors (Lipinski definition) is 1. The van der Waals surface area contributed by atoms with Crippen molar-refractivity contribution in [2.24, 2.45) is 7.05 Å². The molecule has 0 spiro atoms. The second kappa shape index (κ2) is 5.56. The normalized spacial score (nSPS) is 11.7. The number of carbonyl (C=O) groups excluding carboxylic acids is 1. The summed E-state index contributed by atoms with van der Waals surface area (Å²) in [6, 6.07) is 0.689. The van der Waals surface area contributed by atoms with Gasteiger partial charge in [-0.15, -0.1) is 0 Å². The molecule has 10 heteroatoms. The lowest BCUT2D eigenvalue weighted by atomic mass is 10.3. The number of alkyl halides is 3. The lowest BCUT2D eigenvalue weighted by molar-refractivity contribution is -0.141. The topological polar surface area (TPSA) is 74.0 Å². The van der Waals surface area contributed by atoms with E-state index in [2.05, 4.69) is 15.5 Å². The van der Waals surface area contributed by atoms with Gasteiger partial charge in [0.25, 0.3) is 5.91 Å². The second-order valence-corrected chi connectivity index (χ2v) is 4.18. The molecular formula is C11H12F3N5O2. The van der Waals surface area contributed by atoms with E-state index in [1.165, 1.54) is 31.2 Å². The molecular weight excluding hydrogens is 291 g/mol. The first-order valence-electron chi connectivity index (χ1n) is 5.75. The molecule has 0 aliphatic heterocycles. The van der Waals surface area contributed by atoms with Crippen molar-refractivity contribution in [1.82, 2.24) is 19.6 Å². The largest absolute Gasteiger partial charge is 0.435 e. The van der Waals surface area contributed by atoms with E-state index in [0.29, 0.717) is 11.8 Å². The SMILES string of the molecule is COCn1cc(NC(=O)c2cc(C(F)(F)F)nn2C)cn1. The number of rotatable bonds is 4. The molecule has 0 saturated carbocycles. The number of anilines is 1. The predicted octanol–water partition coefficient (Wildman–Crippen LogP) is 1.49. The number of amides is 1. The highest BCUT2D eigenvalue weighted by molar-refractivity contribution is 6.03. The van der Waals surface area contributed by atoms with Gasteiger partial charge in [-0.1, -0.05) is 0 Å². The average Bonchev–Trinajstić information content (AvgIpc) is 2.96. The summed E-state index contributed by atoms with van der Waals surface area (Å²) in [4.78, 5) is 11.9. The van der Waals surface area contributed by atoms with E-state index < -0.39 is 17.8 Å². The van der Waals surface area contributed by atoms with Crippen molar-refractivity contribution in [2.75, 3.05) is 12.4 Å². The quantitative estimate of drug-likeness (QED) is 0.928. The first-order chi connectivity index (χ1) is 9.81. The van der Waals surface area contributed by atoms with Gasteiger partial charge < -0.3 is 10.1 Å². The van der Waals surface area contributed by atoms with E-state index in [-0.39, 0.29) is 12.4 Å². The third kappa shape index (κ3) is 3.40. The van der Waals surface area contributed by atoms with Crippen molar-refractivity contribution in [1.29, 1.82) is 0 Å². The first-order valence-corrected chi connectivity index (χ1v) is 5.75. The van der Waals surface area contributed by atoms with Crippen LogP contribution in [-0.4, -0.2) is 32.6 Å². The summed E-state index contributed by atoms with van der Waals surface area (Å²) >= 11 is 0. The van der Waals surface area contributed by atoms with Gasteiger partial charge in [-0.05, 0) is 0 Å². The van der Waals surface area contributed by atoms with Gasteiger partial charge in [0, 0.05) is 20.2 Å². The Bertz CT molecular complexity index is 647. The minimum absolute atomic E-state index is 0.194. The molecule has 0 fully saturated rings. The Labute approximate surface area is 117 Å². The number of nitrogens with zero attached hydrogens (tertiary/aromatic N) is 4. The molecule has 0 radical (unpaired) electrons. The number of carbonyl (C=O) groups is 1. The lowest BCUT2D eigenvalue weighted by Crippen LogP contribution is -2.15. The van der Waals surface area contributed by atoms with E-state index in [1.807, 2.05) is 0 Å². The third-order valence-corrected chi connectivity index (χ3v) is 2.56. The Morgan fingerprint density at radius 2 is 2.19 bits per heavy atom. The van der Waals surface area contributed by atoms with Crippen LogP contribution in [0.25, 0.3) is 0 Å². The van der Waals surface area contributed by atoms with Gasteiger partial charge in [-0.3, -0.25) is 9.48 Å². The zero-order valence-electron chi connectivity index (χ0n) is 11.2. The van der Waals surface area contributed by atoms with Crippen molar-refractivity contribution in [3.63, 3.8) is 0 Å². The van der Waals surface area contributed by atoms with Gasteiger partial charge in [0.15, 0.2) is 5.69 Å². The number of ether oxygens (including phenoxy) is 1. The van der Waals surface area contributed by atoms with E-state index >= 15 is 0 Å². The minimum Gasteiger partial charge on any atom is -0.362 e. The van der Waals surface area contributed by atoms with Gasteiger partial charge in [-0.2, -0.15) is 23.4 Å². The lowest BCUT2D eigenvalue weighted by Gasteiger charge is -2.02. The summed E-state index contributed by atoms with van der Waals surface area (Å²) in [5, 5.41) is 9.60. The zero-order chi connectivity index (χ0) is 15.6. The average molecular weight is 303 g/mol. The highest BCUT2D eigenvalue weighted by Gasteiger charge is 2.35. The predicted molar refractivity (Wildman–Crippen MR) is 65.4 cm³/mol. The van der Waals surface area contributed by atoms with E-state index in [1.54, 1.807) is 0 Å². The Balaban J connectivity index is 2.14. The van der Waals surface area contributed by atoms with E-state index in [4.69, 9.17) is 4.74 Å². The van der Waals surface area contributed by atoms with Crippen LogP contribution < -0.4 is 5.32 Å². The first kappa shape index (κ1) is 15.0. The highest BCUT2D eigenvalue weighted by Crippen LogP contribution is 2.28. The number of aryl methyl sites for hydroxylation is 1. The Morgan fingerprint density at radius 1 is 1.48 bits per heavy atom. The molecule has 0 aliphatic carbocycles. The maximum atomic E-state index is 12.5. The van der Waals surface area contributed by atoms with Gasteiger partial charge in [0.2, 0.25) is 0 Å². The van der Waals surface area contributed by atoms with Gasteiger partial charge in [0.05, 0.1) is 18.1 Å². The summed E-state index contributed by atoms with van der Waals surface area (Å²) in [5.74, 6) is -0.711. The Kier molecular flexibility index (Phi) is 3.98. The van der Waals surface area contributed by atoms with Crippen LogP contribution in [0, 0.1) is 0 Å². The van der Waals surface area contributed by atoms with Crippen LogP contribution in [-0.2, 0) is 24.7 Å². The summed E-state index contributed by atoms with van der Waals surface area (Å²) in [5.41, 5.74) is -0.987. The van der Waals surface area contributed by atoms with Crippen molar-refractivity contribution in [3.05, 3.63) is 29.8 Å². The molecule has 0 aromatic carbocycles. The van der Waals surface area contributed by atoms with Crippen LogP contribution in [0.5, 0.6) is 0 Å². The maximum Gasteiger partial charge on any atom is 0.435 e. The van der Waals surface area contributed by atoms with Gasteiger partial charge in [0.1, 0.15) is 12.4 Å². The summed E-state index contributed by atoms with van der Waals surface area (Å²) in [7, 11) is 2.74. The molecule has 2 aromatic heterocycles. The number of aromatic nitrogens is 4. The summed E-state index contributed by atoms with van der Waals surface area (Å²) < 4.78 is 44.7. The Hall–Kier alpha value is -2.36. The number of hydrogen-bond acceptors (Lipinski definition) is 4. The zero-order valence-corrected chi connectivity index (χ0v) is 11.2. The smallest absolute Gasteiger partial charge is 0.362 e. The van der Waals surface area contributed by atoms with Crippen molar-refractivity contribution in [2.45, 2.75) is 12.9 Å². The fourth-order valence-corrected chi connectivity index (χ4v) is 1.64. The van der Waals surface area contributed by atoms with Crippen LogP contribution in [0.4, 0.5) is 18.9 Å². The molecule has 2 heterocycles. The van der Waals surface area contributed by atoms with E-state index in [9.17, 15) is 18.0 Å². The molecule has 21 heavy (non-hydrogen) atoms. The molecule has 1 amide bonds. The summed E-state index contributed by atoms with van der Waals surface area (Å²) in [6.07, 6.45) is -1.75. The second-order valence-electron chi connectivity index (χ2n) is 4.18. The molecule has 2 aromatic rings. The highest BCUT2D eigenvalue weighted by atomic mass is 19.4. The van der Waals surface area contributed by atoms with Crippen molar-refractivity contribution >= 4 is 11.6 Å². The molecule has 2 rings (SSSR count). The molecule has 1 N–H and O–H groups in total. The minimum atomic E-state index is -4.60. The molecule has 0 atom stereocenters. The van der Waals surface area contributed by atoms with E-state index in [0.717, 1.165) is 4.68 Å². The van der Waals surface area contributed by atoms with Crippen LogP contribution in [0.2, 0.25) is 0 Å². The fraction of sp³-hybridized carbons (Fsp3) is 0.364. The standard InChI is InChI=1S/C11H12F3N5O2/c1-18-8(3-9(17-18)11(12,13)14)10(20)16-7-4-15-19(5-7)6-21-2/h3-5H,6H2,1-2H3,(H,16,20). The molecule has 0 saturated heterocycles. The Morgan fingerprint density at radius 3 is 2.76 bits per heavy atom. The van der Waals surface area contributed by atoms with Crippen LogP contribution in [0.1, 0.15) is 16.2 Å². The van der Waals surface area contributed by atoms with Crippen LogP contribution in [0.3, 0.4) is 0 Å². The van der Waals surface area contributed by atoms with Crippen LogP contribution in [0.15, 0.2) is 18.5 Å². The molecule has 0 bridgehead atoms. The molecule has 0 aliphatic rings. The van der Waals surface area contributed by atoms with Crippen LogP contribution >= 0.6 is 0 Å². The monoisotopic (exact) mass is 303 g/mol. The van der Waals surface area contributed by atoms with Gasteiger partial charge in [-0.25, -0.2) is 4.68 Å². The maximum absolute atomic E-state index is 12.5. The number of nitrogens with one attached hydrogen (secondary N) is 1. The third-order valence-electron chi connectivity index (χ3n) is 2.56. The molecule has 114 valence electrons.